The van der Waals surface area contributed by atoms with Gasteiger partial charge in [0.05, 0.1) is 16.1 Å². The van der Waals surface area contributed by atoms with E-state index in [1.54, 1.807) is 0 Å². The second kappa shape index (κ2) is 3.88. The van der Waals surface area contributed by atoms with Crippen LogP contribution in [0, 0.1) is 5.41 Å². The van der Waals surface area contributed by atoms with Gasteiger partial charge in [-0.05, 0) is 37.1 Å². The van der Waals surface area contributed by atoms with E-state index >= 15 is 0 Å². The van der Waals surface area contributed by atoms with Crippen LogP contribution >= 0.6 is 23.2 Å². The summed E-state index contributed by atoms with van der Waals surface area (Å²) in [6.45, 7) is 3.42. The van der Waals surface area contributed by atoms with Gasteiger partial charge in [0, 0.05) is 31.0 Å². The Labute approximate surface area is 123 Å². The second-order valence-electron chi connectivity index (χ2n) is 6.25. The number of benzene rings is 1. The fourth-order valence-corrected chi connectivity index (χ4v) is 4.88. The molecule has 2 nitrogen and oxygen atoms in total. The zero-order valence-electron chi connectivity index (χ0n) is 11.0. The van der Waals surface area contributed by atoms with Crippen molar-refractivity contribution in [2.45, 2.75) is 24.4 Å². The summed E-state index contributed by atoms with van der Waals surface area (Å²) in [5.74, 6) is 0. The van der Waals surface area contributed by atoms with Crippen molar-refractivity contribution >= 4 is 23.2 Å². The van der Waals surface area contributed by atoms with Gasteiger partial charge in [-0.25, -0.2) is 0 Å². The molecule has 1 saturated carbocycles. The van der Waals surface area contributed by atoms with Gasteiger partial charge in [0.25, 0.3) is 0 Å². The number of hydrogen-bond acceptors (Lipinski definition) is 2. The molecule has 4 atom stereocenters. The number of nitrogens with zero attached hydrogens (tertiary/aromatic N) is 1. The quantitative estimate of drug-likeness (QED) is 0.830. The van der Waals surface area contributed by atoms with E-state index in [0.717, 1.165) is 6.54 Å². The molecule has 0 N–H and O–H groups in total. The Bertz CT molecular complexity index is 549. The summed E-state index contributed by atoms with van der Waals surface area (Å²) in [7, 11) is 1.85. The standard InChI is InChI=1S/C15H17Cl2NO/c1-19-13-7-18-5-4-14(8-15(13,14)9-18)10-2-3-11(16)12(17)6-10/h2-3,6,13H,4-5,7-9H2,1H3/t13?,14-,15-/m1/s1. The minimum Gasteiger partial charge on any atom is -0.379 e. The Balaban J connectivity index is 1.77. The summed E-state index contributed by atoms with van der Waals surface area (Å²) < 4.78 is 5.77. The molecule has 4 heteroatoms. The van der Waals surface area contributed by atoms with Crippen molar-refractivity contribution < 1.29 is 4.74 Å². The van der Waals surface area contributed by atoms with Crippen LogP contribution in [0.4, 0.5) is 0 Å². The molecule has 2 saturated heterocycles. The summed E-state index contributed by atoms with van der Waals surface area (Å²) in [5.41, 5.74) is 1.94. The average molecular weight is 298 g/mol. The van der Waals surface area contributed by atoms with Gasteiger partial charge in [0.15, 0.2) is 0 Å². The minimum absolute atomic E-state index is 0.273. The molecule has 19 heavy (non-hydrogen) atoms. The Morgan fingerprint density at radius 1 is 1.32 bits per heavy atom. The molecule has 4 rings (SSSR count). The third-order valence-corrected chi connectivity index (χ3v) is 6.34. The van der Waals surface area contributed by atoms with E-state index in [1.807, 2.05) is 13.2 Å². The molecule has 2 unspecified atom stereocenters. The van der Waals surface area contributed by atoms with Crippen LogP contribution in [-0.4, -0.2) is 37.7 Å². The van der Waals surface area contributed by atoms with Crippen LogP contribution in [0.1, 0.15) is 18.4 Å². The first-order valence-corrected chi connectivity index (χ1v) is 7.58. The number of piperidine rings is 1. The molecule has 2 heterocycles. The van der Waals surface area contributed by atoms with Crippen LogP contribution in [0.3, 0.4) is 0 Å². The van der Waals surface area contributed by atoms with Crippen LogP contribution in [0.2, 0.25) is 10.0 Å². The predicted octanol–water partition coefficient (Wildman–Crippen LogP) is 3.36. The van der Waals surface area contributed by atoms with Gasteiger partial charge in [-0.3, -0.25) is 0 Å². The number of halogens is 2. The van der Waals surface area contributed by atoms with Crippen LogP contribution in [0.5, 0.6) is 0 Å². The predicted molar refractivity (Wildman–Crippen MR) is 77.0 cm³/mol. The molecule has 3 fully saturated rings. The normalized spacial score (nSPS) is 43.1. The van der Waals surface area contributed by atoms with Crippen LogP contribution in [0.15, 0.2) is 18.2 Å². The fraction of sp³-hybridized carbons (Fsp3) is 0.600. The monoisotopic (exact) mass is 297 g/mol. The molecule has 102 valence electrons. The van der Waals surface area contributed by atoms with Gasteiger partial charge in [0.1, 0.15) is 0 Å². The van der Waals surface area contributed by atoms with Gasteiger partial charge < -0.3 is 9.64 Å². The van der Waals surface area contributed by atoms with Crippen molar-refractivity contribution in [1.82, 2.24) is 4.90 Å². The van der Waals surface area contributed by atoms with Gasteiger partial charge >= 0.3 is 0 Å². The highest BCUT2D eigenvalue weighted by Crippen LogP contribution is 2.73. The lowest BCUT2D eigenvalue weighted by Gasteiger charge is -2.31. The van der Waals surface area contributed by atoms with Crippen molar-refractivity contribution in [2.24, 2.45) is 5.41 Å². The fourth-order valence-electron chi connectivity index (χ4n) is 4.58. The molecule has 2 aliphatic heterocycles. The molecule has 1 aliphatic carbocycles. The largest absolute Gasteiger partial charge is 0.379 e. The first kappa shape index (κ1) is 12.5. The summed E-state index contributed by atoms with van der Waals surface area (Å²) in [6.07, 6.45) is 2.81. The zero-order valence-corrected chi connectivity index (χ0v) is 12.5. The Hall–Kier alpha value is -0.280. The van der Waals surface area contributed by atoms with Gasteiger partial charge in [-0.1, -0.05) is 29.3 Å². The molecule has 0 radical (unpaired) electrons. The van der Waals surface area contributed by atoms with Crippen LogP contribution in [-0.2, 0) is 10.2 Å². The van der Waals surface area contributed by atoms with Gasteiger partial charge in [-0.2, -0.15) is 0 Å². The van der Waals surface area contributed by atoms with Gasteiger partial charge in [0.2, 0.25) is 0 Å². The summed E-state index contributed by atoms with van der Waals surface area (Å²) >= 11 is 12.3. The van der Waals surface area contributed by atoms with E-state index in [9.17, 15) is 0 Å². The number of methoxy groups -OCH3 is 1. The van der Waals surface area contributed by atoms with Crippen molar-refractivity contribution in [3.63, 3.8) is 0 Å². The summed E-state index contributed by atoms with van der Waals surface area (Å²) in [4.78, 5) is 2.54. The Morgan fingerprint density at radius 3 is 2.89 bits per heavy atom. The third kappa shape index (κ3) is 1.46. The van der Waals surface area contributed by atoms with E-state index in [1.165, 1.54) is 31.5 Å². The highest BCUT2D eigenvalue weighted by atomic mass is 35.5. The van der Waals surface area contributed by atoms with Gasteiger partial charge in [-0.15, -0.1) is 0 Å². The second-order valence-corrected chi connectivity index (χ2v) is 7.07. The molecule has 1 aromatic carbocycles. The zero-order chi connectivity index (χ0) is 13.3. The third-order valence-electron chi connectivity index (χ3n) is 5.60. The summed E-state index contributed by atoms with van der Waals surface area (Å²) in [5, 5.41) is 1.31. The molecule has 1 aromatic rings. The lowest BCUT2D eigenvalue weighted by Crippen LogP contribution is -2.35. The number of ether oxygens (including phenoxy) is 1. The SMILES string of the molecule is COC1CN2CC[C@]3(c4ccc(Cl)c(Cl)c4)C[C@@]13C2. The minimum atomic E-state index is 0.273. The lowest BCUT2D eigenvalue weighted by atomic mass is 9.80. The van der Waals surface area contributed by atoms with E-state index in [0.29, 0.717) is 21.6 Å². The van der Waals surface area contributed by atoms with E-state index in [2.05, 4.69) is 17.0 Å². The molecule has 3 aliphatic rings. The van der Waals surface area contributed by atoms with Crippen LogP contribution in [0.25, 0.3) is 0 Å². The maximum Gasteiger partial charge on any atom is 0.0775 e. The summed E-state index contributed by atoms with van der Waals surface area (Å²) in [6, 6.07) is 6.16. The smallest absolute Gasteiger partial charge is 0.0775 e. The average Bonchev–Trinajstić information content (AvgIpc) is 2.98. The van der Waals surface area contributed by atoms with Crippen molar-refractivity contribution in [3.05, 3.63) is 33.8 Å². The maximum absolute atomic E-state index is 6.21. The molecule has 0 amide bonds. The molecule has 0 aromatic heterocycles. The lowest BCUT2D eigenvalue weighted by molar-refractivity contribution is 0.0634. The van der Waals surface area contributed by atoms with Crippen molar-refractivity contribution in [2.75, 3.05) is 26.7 Å². The molecule has 1 spiro atoms. The highest BCUT2D eigenvalue weighted by Gasteiger charge is 2.75. The van der Waals surface area contributed by atoms with E-state index < -0.39 is 0 Å². The van der Waals surface area contributed by atoms with Crippen LogP contribution < -0.4 is 0 Å². The van der Waals surface area contributed by atoms with E-state index in [-0.39, 0.29) is 5.41 Å². The number of hydrogen-bond donors (Lipinski definition) is 0. The highest BCUT2D eigenvalue weighted by molar-refractivity contribution is 6.42. The Kier molecular flexibility index (Phi) is 2.55. The maximum atomic E-state index is 6.21. The van der Waals surface area contributed by atoms with E-state index in [4.69, 9.17) is 27.9 Å². The Morgan fingerprint density at radius 2 is 2.16 bits per heavy atom. The molecular weight excluding hydrogens is 281 g/mol. The van der Waals surface area contributed by atoms with Crippen molar-refractivity contribution in [3.8, 4) is 0 Å². The first-order chi connectivity index (χ1) is 9.11. The topological polar surface area (TPSA) is 12.5 Å². The first-order valence-electron chi connectivity index (χ1n) is 6.82. The number of rotatable bonds is 2. The van der Waals surface area contributed by atoms with Crippen molar-refractivity contribution in [1.29, 1.82) is 0 Å². The number of fused-ring (bicyclic) bond motifs is 1. The molecular formula is C15H17Cl2NO. The molecule has 2 bridgehead atoms.